The van der Waals surface area contributed by atoms with Gasteiger partial charge in [-0.3, -0.25) is 4.79 Å². The molecule has 122 valence electrons. The SMILES string of the molecule is Cc1sc(C)c(C(=O)P(=O)(c2ccccc2)c2ccccc2)c1C. The summed E-state index contributed by atoms with van der Waals surface area (Å²) < 4.78 is 14.1. The minimum absolute atomic E-state index is 0.265. The number of rotatable bonds is 4. The van der Waals surface area contributed by atoms with Gasteiger partial charge in [-0.1, -0.05) is 60.7 Å². The molecule has 24 heavy (non-hydrogen) atoms. The van der Waals surface area contributed by atoms with Crippen LogP contribution < -0.4 is 10.6 Å². The summed E-state index contributed by atoms with van der Waals surface area (Å²) in [5.41, 5.74) is 1.29. The molecule has 0 N–H and O–H groups in total. The van der Waals surface area contributed by atoms with Crippen LogP contribution in [0.2, 0.25) is 0 Å². The van der Waals surface area contributed by atoms with Gasteiger partial charge in [0.05, 0.1) is 0 Å². The van der Waals surface area contributed by atoms with Gasteiger partial charge in [0.1, 0.15) is 0 Å². The van der Waals surface area contributed by atoms with Gasteiger partial charge in [0.15, 0.2) is 0 Å². The molecule has 3 rings (SSSR count). The van der Waals surface area contributed by atoms with Gasteiger partial charge in [-0.15, -0.1) is 11.3 Å². The largest absolute Gasteiger partial charge is 0.305 e. The third kappa shape index (κ3) is 2.68. The van der Waals surface area contributed by atoms with Gasteiger partial charge in [-0.2, -0.15) is 0 Å². The van der Waals surface area contributed by atoms with Crippen LogP contribution in [0.1, 0.15) is 25.7 Å². The van der Waals surface area contributed by atoms with E-state index >= 15 is 0 Å². The van der Waals surface area contributed by atoms with Crippen molar-refractivity contribution in [3.05, 3.63) is 81.5 Å². The van der Waals surface area contributed by atoms with Gasteiger partial charge in [0.25, 0.3) is 0 Å². The smallest absolute Gasteiger partial charge is 0.231 e. The van der Waals surface area contributed by atoms with Gasteiger partial charge in [-0.25, -0.2) is 0 Å². The molecule has 1 aromatic heterocycles. The second kappa shape index (κ2) is 6.51. The second-order valence-corrected chi connectivity index (χ2v) is 9.89. The number of hydrogen-bond donors (Lipinski definition) is 0. The summed E-state index contributed by atoms with van der Waals surface area (Å²) in [6.07, 6.45) is 0. The van der Waals surface area contributed by atoms with E-state index in [2.05, 4.69) is 0 Å². The first-order valence-corrected chi connectivity index (χ1v) is 10.3. The number of thiophene rings is 1. The summed E-state index contributed by atoms with van der Waals surface area (Å²) in [4.78, 5) is 15.5. The maximum atomic E-state index is 14.1. The van der Waals surface area contributed by atoms with Crippen LogP contribution in [0.15, 0.2) is 60.7 Å². The third-order valence-corrected chi connectivity index (χ3v) is 8.27. The number of carbonyl (C=O) groups excluding carboxylic acids is 1. The standard InChI is InChI=1S/C20H19O2PS/c1-14-15(2)24-16(3)19(14)20(21)23(22,17-10-6-4-7-11-17)18-12-8-5-9-13-18/h4-13H,1-3H3. The van der Waals surface area contributed by atoms with Gasteiger partial charge in [0.2, 0.25) is 12.7 Å². The van der Waals surface area contributed by atoms with Crippen LogP contribution in [0.25, 0.3) is 0 Å². The van der Waals surface area contributed by atoms with E-state index in [1.165, 1.54) is 0 Å². The van der Waals surface area contributed by atoms with Crippen molar-refractivity contribution < 1.29 is 9.36 Å². The molecule has 0 amide bonds. The predicted molar refractivity (Wildman–Crippen MR) is 103 cm³/mol. The molecule has 2 nitrogen and oxygen atoms in total. The summed E-state index contributed by atoms with van der Waals surface area (Å²) in [6, 6.07) is 18.2. The van der Waals surface area contributed by atoms with Crippen molar-refractivity contribution in [2.75, 3.05) is 0 Å². The highest BCUT2D eigenvalue weighted by molar-refractivity contribution is 7.93. The van der Waals surface area contributed by atoms with E-state index in [9.17, 15) is 9.36 Å². The Morgan fingerprint density at radius 2 is 1.25 bits per heavy atom. The van der Waals surface area contributed by atoms with E-state index in [1.807, 2.05) is 57.2 Å². The fraction of sp³-hybridized carbons (Fsp3) is 0.150. The number of hydrogen-bond acceptors (Lipinski definition) is 3. The van der Waals surface area contributed by atoms with Crippen molar-refractivity contribution in [2.24, 2.45) is 0 Å². The quantitative estimate of drug-likeness (QED) is 0.629. The lowest BCUT2D eigenvalue weighted by Crippen LogP contribution is -2.23. The fourth-order valence-electron chi connectivity index (χ4n) is 2.93. The Morgan fingerprint density at radius 1 is 0.792 bits per heavy atom. The van der Waals surface area contributed by atoms with Crippen molar-refractivity contribution in [1.82, 2.24) is 0 Å². The Hall–Kier alpha value is -1.96. The minimum Gasteiger partial charge on any atom is -0.305 e. The van der Waals surface area contributed by atoms with Crippen molar-refractivity contribution in [1.29, 1.82) is 0 Å². The molecular formula is C20H19O2PS. The molecule has 0 aliphatic heterocycles. The molecule has 0 radical (unpaired) electrons. The third-order valence-electron chi connectivity index (χ3n) is 4.30. The first kappa shape index (κ1) is 16.9. The molecule has 0 bridgehead atoms. The van der Waals surface area contributed by atoms with E-state index in [1.54, 1.807) is 35.6 Å². The molecule has 0 saturated carbocycles. The Bertz CT molecular complexity index is 884. The zero-order valence-electron chi connectivity index (χ0n) is 13.9. The fourth-order valence-corrected chi connectivity index (χ4v) is 6.66. The summed E-state index contributed by atoms with van der Waals surface area (Å²) >= 11 is 1.59. The molecule has 0 fully saturated rings. The molecule has 3 aromatic rings. The average molecular weight is 354 g/mol. The van der Waals surface area contributed by atoms with Gasteiger partial charge in [-0.05, 0) is 26.3 Å². The Balaban J connectivity index is 2.27. The number of benzene rings is 2. The molecule has 2 aromatic carbocycles. The summed E-state index contributed by atoms with van der Waals surface area (Å²) in [7, 11) is -3.41. The van der Waals surface area contributed by atoms with E-state index in [-0.39, 0.29) is 5.52 Å². The van der Waals surface area contributed by atoms with E-state index < -0.39 is 7.14 Å². The van der Waals surface area contributed by atoms with Gasteiger partial charge in [0, 0.05) is 25.9 Å². The van der Waals surface area contributed by atoms with Crippen molar-refractivity contribution in [3.63, 3.8) is 0 Å². The molecule has 0 aliphatic carbocycles. The van der Waals surface area contributed by atoms with E-state index in [0.717, 1.165) is 15.3 Å². The topological polar surface area (TPSA) is 34.1 Å². The summed E-state index contributed by atoms with van der Waals surface area (Å²) in [5, 5.41) is 1.17. The van der Waals surface area contributed by atoms with Crippen LogP contribution >= 0.6 is 18.5 Å². The van der Waals surface area contributed by atoms with Gasteiger partial charge >= 0.3 is 0 Å². The Labute approximate surface area is 146 Å². The van der Waals surface area contributed by atoms with Crippen molar-refractivity contribution in [3.8, 4) is 0 Å². The summed E-state index contributed by atoms with van der Waals surface area (Å²) in [6.45, 7) is 5.87. The first-order chi connectivity index (χ1) is 11.5. The van der Waals surface area contributed by atoms with E-state index in [4.69, 9.17) is 0 Å². The molecule has 0 aliphatic rings. The molecule has 0 spiro atoms. The molecular weight excluding hydrogens is 335 g/mol. The highest BCUT2D eigenvalue weighted by atomic mass is 32.1. The van der Waals surface area contributed by atoms with E-state index in [0.29, 0.717) is 16.2 Å². The van der Waals surface area contributed by atoms with Crippen LogP contribution in [-0.4, -0.2) is 5.52 Å². The monoisotopic (exact) mass is 354 g/mol. The Kier molecular flexibility index (Phi) is 4.58. The number of carbonyl (C=O) groups is 1. The van der Waals surface area contributed by atoms with Crippen LogP contribution in [0.4, 0.5) is 0 Å². The molecule has 0 saturated heterocycles. The summed E-state index contributed by atoms with van der Waals surface area (Å²) in [5.74, 6) is 0. The van der Waals surface area contributed by atoms with Crippen LogP contribution in [0, 0.1) is 20.8 Å². The lowest BCUT2D eigenvalue weighted by molar-refractivity contribution is 0.107. The maximum absolute atomic E-state index is 14.1. The average Bonchev–Trinajstić information content (AvgIpc) is 2.87. The Morgan fingerprint density at radius 3 is 1.62 bits per heavy atom. The number of aryl methyl sites for hydroxylation is 2. The normalized spacial score (nSPS) is 11.5. The van der Waals surface area contributed by atoms with Crippen LogP contribution in [0.5, 0.6) is 0 Å². The molecule has 0 atom stereocenters. The maximum Gasteiger partial charge on any atom is 0.231 e. The molecule has 0 unspecified atom stereocenters. The van der Waals surface area contributed by atoms with Crippen LogP contribution in [-0.2, 0) is 4.57 Å². The lowest BCUT2D eigenvalue weighted by Gasteiger charge is -2.18. The highest BCUT2D eigenvalue weighted by Crippen LogP contribution is 2.49. The zero-order chi connectivity index (χ0) is 17.3. The first-order valence-electron chi connectivity index (χ1n) is 7.79. The van der Waals surface area contributed by atoms with Gasteiger partial charge < -0.3 is 4.57 Å². The molecule has 1 heterocycles. The lowest BCUT2D eigenvalue weighted by atomic mass is 10.1. The zero-order valence-corrected chi connectivity index (χ0v) is 15.7. The predicted octanol–water partition coefficient (Wildman–Crippen LogP) is 4.83. The highest BCUT2D eigenvalue weighted by Gasteiger charge is 2.38. The minimum atomic E-state index is -3.41. The second-order valence-electron chi connectivity index (χ2n) is 5.80. The molecule has 4 heteroatoms. The van der Waals surface area contributed by atoms with Crippen LogP contribution in [0.3, 0.4) is 0 Å². The van der Waals surface area contributed by atoms with Crippen molar-refractivity contribution >= 4 is 34.6 Å². The van der Waals surface area contributed by atoms with Crippen molar-refractivity contribution in [2.45, 2.75) is 20.8 Å².